The molecule has 1 N–H and O–H groups in total. The number of nitrogens with zero attached hydrogens (tertiary/aromatic N) is 1. The van der Waals surface area contributed by atoms with Crippen LogP contribution >= 0.6 is 0 Å². The second kappa shape index (κ2) is 7.07. The number of amides is 1. The molecule has 2 saturated heterocycles. The lowest BCUT2D eigenvalue weighted by Crippen LogP contribution is -2.45. The number of likely N-dealkylation sites (N-methyl/N-ethyl adjacent to an activating group) is 1. The second-order valence-electron chi connectivity index (χ2n) is 5.13. The van der Waals surface area contributed by atoms with Crippen LogP contribution in [0.15, 0.2) is 0 Å². The standard InChI is InChI=1S/C13H24N2O3/c1-15(7-5-11-4-2-3-6-14-11)13(16)12-10-17-8-9-18-12/h11-12,14H,2-10H2,1H3. The molecule has 104 valence electrons. The number of hydrogen-bond acceptors (Lipinski definition) is 4. The smallest absolute Gasteiger partial charge is 0.253 e. The molecule has 1 amide bonds. The van der Waals surface area contributed by atoms with E-state index in [9.17, 15) is 4.79 Å². The summed E-state index contributed by atoms with van der Waals surface area (Å²) < 4.78 is 10.7. The Kier molecular flexibility index (Phi) is 5.41. The fourth-order valence-electron chi connectivity index (χ4n) is 2.51. The van der Waals surface area contributed by atoms with Gasteiger partial charge in [-0.15, -0.1) is 0 Å². The zero-order chi connectivity index (χ0) is 12.8. The third kappa shape index (κ3) is 3.93. The van der Waals surface area contributed by atoms with E-state index in [2.05, 4.69) is 5.32 Å². The van der Waals surface area contributed by atoms with Crippen molar-refractivity contribution in [1.29, 1.82) is 0 Å². The molecule has 2 unspecified atom stereocenters. The molecule has 0 aromatic carbocycles. The fourth-order valence-corrected chi connectivity index (χ4v) is 2.51. The Labute approximate surface area is 109 Å². The Morgan fingerprint density at radius 3 is 2.94 bits per heavy atom. The van der Waals surface area contributed by atoms with Crippen LogP contribution in [0, 0.1) is 0 Å². The van der Waals surface area contributed by atoms with Gasteiger partial charge in [0.2, 0.25) is 0 Å². The van der Waals surface area contributed by atoms with Crippen LogP contribution in [0.5, 0.6) is 0 Å². The summed E-state index contributed by atoms with van der Waals surface area (Å²) in [5.41, 5.74) is 0. The van der Waals surface area contributed by atoms with Crippen molar-refractivity contribution in [2.75, 3.05) is 40.0 Å². The van der Waals surface area contributed by atoms with Gasteiger partial charge >= 0.3 is 0 Å². The number of carbonyl (C=O) groups excluding carboxylic acids is 1. The highest BCUT2D eigenvalue weighted by Gasteiger charge is 2.26. The first-order chi connectivity index (χ1) is 8.77. The molecule has 2 heterocycles. The molecule has 0 aromatic heterocycles. The van der Waals surface area contributed by atoms with E-state index in [4.69, 9.17) is 9.47 Å². The summed E-state index contributed by atoms with van der Waals surface area (Å²) in [6.07, 6.45) is 4.43. The zero-order valence-electron chi connectivity index (χ0n) is 11.2. The van der Waals surface area contributed by atoms with Gasteiger partial charge in [0.15, 0.2) is 6.10 Å². The predicted molar refractivity (Wildman–Crippen MR) is 68.5 cm³/mol. The van der Waals surface area contributed by atoms with Crippen molar-refractivity contribution >= 4 is 5.91 Å². The molecule has 2 rings (SSSR count). The topological polar surface area (TPSA) is 50.8 Å². The van der Waals surface area contributed by atoms with Crippen LogP contribution in [0.4, 0.5) is 0 Å². The van der Waals surface area contributed by atoms with Gasteiger partial charge in [0.25, 0.3) is 5.91 Å². The first kappa shape index (κ1) is 13.8. The fraction of sp³-hybridized carbons (Fsp3) is 0.923. The maximum atomic E-state index is 12.1. The average Bonchev–Trinajstić information content (AvgIpc) is 2.46. The summed E-state index contributed by atoms with van der Waals surface area (Å²) in [6, 6.07) is 0.567. The van der Waals surface area contributed by atoms with Gasteiger partial charge in [0.1, 0.15) is 0 Å². The van der Waals surface area contributed by atoms with E-state index in [0.29, 0.717) is 25.9 Å². The quantitative estimate of drug-likeness (QED) is 0.790. The number of piperidine rings is 1. The maximum Gasteiger partial charge on any atom is 0.253 e. The lowest BCUT2D eigenvalue weighted by atomic mass is 10.0. The van der Waals surface area contributed by atoms with Gasteiger partial charge in [-0.1, -0.05) is 6.42 Å². The van der Waals surface area contributed by atoms with Crippen LogP contribution in [-0.2, 0) is 14.3 Å². The van der Waals surface area contributed by atoms with Crippen molar-refractivity contribution < 1.29 is 14.3 Å². The maximum absolute atomic E-state index is 12.1. The summed E-state index contributed by atoms with van der Waals surface area (Å²) in [4.78, 5) is 13.8. The Morgan fingerprint density at radius 2 is 2.28 bits per heavy atom. The molecular weight excluding hydrogens is 232 g/mol. The van der Waals surface area contributed by atoms with Gasteiger partial charge in [0, 0.05) is 19.6 Å². The van der Waals surface area contributed by atoms with E-state index < -0.39 is 6.10 Å². The van der Waals surface area contributed by atoms with Crippen LogP contribution in [0.25, 0.3) is 0 Å². The highest BCUT2D eigenvalue weighted by atomic mass is 16.6. The van der Waals surface area contributed by atoms with Gasteiger partial charge in [-0.2, -0.15) is 0 Å². The Morgan fingerprint density at radius 1 is 1.39 bits per heavy atom. The lowest BCUT2D eigenvalue weighted by Gasteiger charge is -2.29. The van der Waals surface area contributed by atoms with Crippen molar-refractivity contribution in [3.05, 3.63) is 0 Å². The molecule has 0 bridgehead atoms. The SMILES string of the molecule is CN(CCC1CCCCN1)C(=O)C1COCCO1. The van der Waals surface area contributed by atoms with E-state index in [0.717, 1.165) is 19.5 Å². The largest absolute Gasteiger partial charge is 0.376 e. The highest BCUT2D eigenvalue weighted by molar-refractivity contribution is 5.80. The van der Waals surface area contributed by atoms with Gasteiger partial charge in [0.05, 0.1) is 19.8 Å². The Hall–Kier alpha value is -0.650. The summed E-state index contributed by atoms with van der Waals surface area (Å²) in [5.74, 6) is 0.0468. The highest BCUT2D eigenvalue weighted by Crippen LogP contribution is 2.11. The molecule has 2 aliphatic heterocycles. The molecule has 0 spiro atoms. The van der Waals surface area contributed by atoms with Crippen LogP contribution in [0.3, 0.4) is 0 Å². The van der Waals surface area contributed by atoms with Gasteiger partial charge < -0.3 is 19.7 Å². The van der Waals surface area contributed by atoms with E-state index in [1.165, 1.54) is 19.3 Å². The minimum absolute atomic E-state index is 0.0468. The number of hydrogen-bond donors (Lipinski definition) is 1. The lowest BCUT2D eigenvalue weighted by molar-refractivity contribution is -0.156. The summed E-state index contributed by atoms with van der Waals surface area (Å²) in [6.45, 7) is 3.41. The normalized spacial score (nSPS) is 28.9. The number of rotatable bonds is 4. The number of nitrogens with one attached hydrogen (secondary N) is 1. The molecule has 0 aliphatic carbocycles. The minimum Gasteiger partial charge on any atom is -0.376 e. The number of carbonyl (C=O) groups is 1. The molecule has 0 saturated carbocycles. The van der Waals surface area contributed by atoms with Crippen molar-refractivity contribution in [1.82, 2.24) is 10.2 Å². The minimum atomic E-state index is -0.400. The third-order valence-corrected chi connectivity index (χ3v) is 3.69. The third-order valence-electron chi connectivity index (χ3n) is 3.69. The van der Waals surface area contributed by atoms with E-state index in [-0.39, 0.29) is 5.91 Å². The second-order valence-corrected chi connectivity index (χ2v) is 5.13. The molecule has 2 atom stereocenters. The van der Waals surface area contributed by atoms with E-state index in [1.54, 1.807) is 4.90 Å². The van der Waals surface area contributed by atoms with Crippen molar-refractivity contribution in [3.8, 4) is 0 Å². The predicted octanol–water partition coefficient (Wildman–Crippen LogP) is 0.392. The molecule has 5 heteroatoms. The summed E-state index contributed by atoms with van der Waals surface area (Å²) >= 11 is 0. The van der Waals surface area contributed by atoms with Crippen molar-refractivity contribution in [3.63, 3.8) is 0 Å². The van der Waals surface area contributed by atoms with E-state index in [1.807, 2.05) is 7.05 Å². The molecule has 2 fully saturated rings. The van der Waals surface area contributed by atoms with E-state index >= 15 is 0 Å². The molecule has 0 radical (unpaired) electrons. The van der Waals surface area contributed by atoms with Crippen LogP contribution in [0.2, 0.25) is 0 Å². The number of ether oxygens (including phenoxy) is 2. The van der Waals surface area contributed by atoms with Crippen LogP contribution in [0.1, 0.15) is 25.7 Å². The molecule has 18 heavy (non-hydrogen) atoms. The monoisotopic (exact) mass is 256 g/mol. The molecular formula is C13H24N2O3. The zero-order valence-corrected chi connectivity index (χ0v) is 11.2. The Balaban J connectivity index is 1.69. The molecule has 5 nitrogen and oxygen atoms in total. The molecule has 0 aromatic rings. The average molecular weight is 256 g/mol. The molecule has 2 aliphatic rings. The first-order valence-electron chi connectivity index (χ1n) is 6.95. The summed E-state index contributed by atoms with van der Waals surface area (Å²) in [5, 5.41) is 3.50. The van der Waals surface area contributed by atoms with Crippen molar-refractivity contribution in [2.45, 2.75) is 37.8 Å². The van der Waals surface area contributed by atoms with Gasteiger partial charge in [-0.05, 0) is 25.8 Å². The van der Waals surface area contributed by atoms with Crippen LogP contribution in [-0.4, -0.2) is 62.9 Å². The van der Waals surface area contributed by atoms with Crippen molar-refractivity contribution in [2.24, 2.45) is 0 Å². The summed E-state index contributed by atoms with van der Waals surface area (Å²) in [7, 11) is 1.85. The van der Waals surface area contributed by atoms with Gasteiger partial charge in [-0.25, -0.2) is 0 Å². The van der Waals surface area contributed by atoms with Gasteiger partial charge in [-0.3, -0.25) is 4.79 Å². The van der Waals surface area contributed by atoms with Crippen LogP contribution < -0.4 is 5.32 Å². The Bertz CT molecular complexity index is 261. The first-order valence-corrected chi connectivity index (χ1v) is 6.95.